The second-order valence-electron chi connectivity index (χ2n) is 2.57. The van der Waals surface area contributed by atoms with Crippen molar-refractivity contribution in [2.45, 2.75) is 20.1 Å². The molecule has 6 heteroatoms. The van der Waals surface area contributed by atoms with Crippen molar-refractivity contribution in [2.75, 3.05) is 11.9 Å². The number of anilines is 1. The smallest absolute Gasteiger partial charge is 0.350 e. The molecule has 0 spiro atoms. The van der Waals surface area contributed by atoms with Crippen LogP contribution in [0.15, 0.2) is 6.20 Å². The molecule has 0 bridgehead atoms. The first-order valence-corrected chi connectivity index (χ1v) is 5.02. The molecule has 0 aromatic carbocycles. The fourth-order valence-electron chi connectivity index (χ4n) is 0.816. The topological polar surface area (TPSA) is 71.5 Å². The third-order valence-corrected chi connectivity index (χ3v) is 2.22. The number of esters is 1. The molecule has 2 N–H and O–H groups in total. The van der Waals surface area contributed by atoms with Crippen LogP contribution in [-0.4, -0.2) is 28.9 Å². The highest BCUT2D eigenvalue weighted by Gasteiger charge is 2.11. The Kier molecular flexibility index (Phi) is 3.84. The zero-order valence-electron chi connectivity index (χ0n) is 7.98. The molecule has 5 nitrogen and oxygen atoms in total. The van der Waals surface area contributed by atoms with Gasteiger partial charge in [0.15, 0.2) is 5.13 Å². The number of aliphatic hydroxyl groups excluding tert-OH is 1. The van der Waals surface area contributed by atoms with Crippen molar-refractivity contribution in [3.8, 4) is 0 Å². The average Bonchev–Trinajstić information content (AvgIpc) is 2.52. The minimum atomic E-state index is -0.684. The summed E-state index contributed by atoms with van der Waals surface area (Å²) in [5.41, 5.74) is 0. The van der Waals surface area contributed by atoms with Gasteiger partial charge in [-0.3, -0.25) is 0 Å². The van der Waals surface area contributed by atoms with Crippen molar-refractivity contribution in [1.82, 2.24) is 4.98 Å². The van der Waals surface area contributed by atoms with Gasteiger partial charge >= 0.3 is 5.97 Å². The summed E-state index contributed by atoms with van der Waals surface area (Å²) in [5, 5.41) is 12.2. The van der Waals surface area contributed by atoms with E-state index in [0.717, 1.165) is 11.3 Å². The van der Waals surface area contributed by atoms with Crippen LogP contribution >= 0.6 is 11.3 Å². The highest BCUT2D eigenvalue weighted by atomic mass is 32.1. The molecule has 0 fully saturated rings. The number of hydrogen-bond acceptors (Lipinski definition) is 6. The lowest BCUT2D eigenvalue weighted by molar-refractivity contribution is 0.0532. The predicted octanol–water partition coefficient (Wildman–Crippen LogP) is 1.07. The quantitative estimate of drug-likeness (QED) is 0.582. The zero-order valence-corrected chi connectivity index (χ0v) is 8.80. The van der Waals surface area contributed by atoms with Gasteiger partial charge in [-0.1, -0.05) is 11.3 Å². The molecule has 1 rings (SSSR count). The van der Waals surface area contributed by atoms with Gasteiger partial charge in [0.2, 0.25) is 0 Å². The summed E-state index contributed by atoms with van der Waals surface area (Å²) in [6.45, 7) is 3.66. The first-order chi connectivity index (χ1) is 6.63. The molecule has 1 aromatic heterocycles. The summed E-state index contributed by atoms with van der Waals surface area (Å²) in [6.07, 6.45) is 0.740. The summed E-state index contributed by atoms with van der Waals surface area (Å²) in [7, 11) is 0. The normalized spacial score (nSPS) is 12.2. The van der Waals surface area contributed by atoms with Crippen molar-refractivity contribution < 1.29 is 14.6 Å². The van der Waals surface area contributed by atoms with E-state index in [-0.39, 0.29) is 5.97 Å². The Morgan fingerprint density at radius 2 is 2.57 bits per heavy atom. The summed E-state index contributed by atoms with van der Waals surface area (Å²) in [5.74, 6) is -0.386. The number of thiazole rings is 1. The van der Waals surface area contributed by atoms with Crippen LogP contribution < -0.4 is 5.32 Å². The summed E-state index contributed by atoms with van der Waals surface area (Å²) in [6, 6.07) is 0. The number of hydrogen-bond donors (Lipinski definition) is 2. The van der Waals surface area contributed by atoms with Crippen molar-refractivity contribution in [3.63, 3.8) is 0 Å². The Bertz CT molecular complexity index is 311. The van der Waals surface area contributed by atoms with E-state index in [4.69, 9.17) is 9.84 Å². The lowest BCUT2D eigenvalue weighted by Gasteiger charge is -2.03. The first-order valence-electron chi connectivity index (χ1n) is 4.21. The molecule has 1 atom stereocenters. The Hall–Kier alpha value is -1.14. The van der Waals surface area contributed by atoms with Gasteiger partial charge in [0.1, 0.15) is 11.1 Å². The van der Waals surface area contributed by atoms with E-state index in [9.17, 15) is 4.79 Å². The van der Waals surface area contributed by atoms with Gasteiger partial charge in [-0.2, -0.15) is 0 Å². The monoisotopic (exact) mass is 216 g/mol. The van der Waals surface area contributed by atoms with Crippen LogP contribution in [0, 0.1) is 0 Å². The van der Waals surface area contributed by atoms with Crippen molar-refractivity contribution in [2.24, 2.45) is 0 Å². The standard InChI is InChI=1S/C8H12N2O3S/c1-3-13-7(12)6-4-9-8(14-6)10-5(2)11/h4-5,11H,3H2,1-2H3,(H,9,10). The lowest BCUT2D eigenvalue weighted by Crippen LogP contribution is -2.12. The Labute approximate surface area is 85.7 Å². The number of nitrogens with zero attached hydrogens (tertiary/aromatic N) is 1. The molecule has 0 saturated heterocycles. The van der Waals surface area contributed by atoms with E-state index in [0.29, 0.717) is 16.6 Å². The number of carbonyl (C=O) groups excluding carboxylic acids is 1. The number of carbonyl (C=O) groups is 1. The van der Waals surface area contributed by atoms with E-state index in [1.165, 1.54) is 6.20 Å². The molecule has 0 aliphatic heterocycles. The van der Waals surface area contributed by atoms with E-state index in [1.54, 1.807) is 13.8 Å². The molecule has 0 saturated carbocycles. The molecule has 1 heterocycles. The van der Waals surface area contributed by atoms with Crippen molar-refractivity contribution in [3.05, 3.63) is 11.1 Å². The summed E-state index contributed by atoms with van der Waals surface area (Å²) >= 11 is 1.15. The Balaban J connectivity index is 2.63. The van der Waals surface area contributed by atoms with Gasteiger partial charge in [0.25, 0.3) is 0 Å². The fraction of sp³-hybridized carbons (Fsp3) is 0.500. The fourth-order valence-corrected chi connectivity index (χ4v) is 1.61. The molecule has 0 aliphatic carbocycles. The Morgan fingerprint density at radius 3 is 3.14 bits per heavy atom. The lowest BCUT2D eigenvalue weighted by atomic mass is 10.6. The largest absolute Gasteiger partial charge is 0.462 e. The van der Waals surface area contributed by atoms with E-state index >= 15 is 0 Å². The third-order valence-electron chi connectivity index (χ3n) is 1.31. The second kappa shape index (κ2) is 4.92. The van der Waals surface area contributed by atoms with Gasteiger partial charge in [-0.15, -0.1) is 0 Å². The van der Waals surface area contributed by atoms with Crippen molar-refractivity contribution in [1.29, 1.82) is 0 Å². The van der Waals surface area contributed by atoms with E-state index in [1.807, 2.05) is 0 Å². The summed E-state index contributed by atoms with van der Waals surface area (Å²) in [4.78, 5) is 15.5. The third kappa shape index (κ3) is 2.97. The highest BCUT2D eigenvalue weighted by Crippen LogP contribution is 2.19. The maximum atomic E-state index is 11.2. The van der Waals surface area contributed by atoms with Crippen LogP contribution in [0.4, 0.5) is 5.13 Å². The first kappa shape index (κ1) is 10.9. The van der Waals surface area contributed by atoms with Gasteiger partial charge in [-0.25, -0.2) is 9.78 Å². The van der Waals surface area contributed by atoms with Crippen LogP contribution in [0.3, 0.4) is 0 Å². The van der Waals surface area contributed by atoms with Crippen molar-refractivity contribution >= 4 is 22.4 Å². The number of nitrogens with one attached hydrogen (secondary N) is 1. The van der Waals surface area contributed by atoms with Crippen LogP contribution in [0.25, 0.3) is 0 Å². The summed E-state index contributed by atoms with van der Waals surface area (Å²) < 4.78 is 4.79. The second-order valence-corrected chi connectivity index (χ2v) is 3.60. The average molecular weight is 216 g/mol. The van der Waals surface area contributed by atoms with Crippen LogP contribution in [-0.2, 0) is 4.74 Å². The maximum absolute atomic E-state index is 11.2. The molecule has 1 unspecified atom stereocenters. The van der Waals surface area contributed by atoms with Gasteiger partial charge < -0.3 is 15.2 Å². The van der Waals surface area contributed by atoms with Gasteiger partial charge in [-0.05, 0) is 13.8 Å². The molecule has 0 radical (unpaired) electrons. The zero-order chi connectivity index (χ0) is 10.6. The Morgan fingerprint density at radius 1 is 1.86 bits per heavy atom. The number of rotatable bonds is 4. The SMILES string of the molecule is CCOC(=O)c1cnc(NC(C)O)s1. The number of ether oxygens (including phenoxy) is 1. The van der Waals surface area contributed by atoms with Gasteiger partial charge in [0, 0.05) is 0 Å². The van der Waals surface area contributed by atoms with E-state index < -0.39 is 6.23 Å². The minimum Gasteiger partial charge on any atom is -0.462 e. The molecule has 1 aromatic rings. The molecular formula is C8H12N2O3S. The molecule has 0 aliphatic rings. The predicted molar refractivity (Wildman–Crippen MR) is 53.4 cm³/mol. The molecule has 0 amide bonds. The molecule has 14 heavy (non-hydrogen) atoms. The maximum Gasteiger partial charge on any atom is 0.350 e. The van der Waals surface area contributed by atoms with Gasteiger partial charge in [0.05, 0.1) is 12.8 Å². The van der Waals surface area contributed by atoms with Crippen LogP contribution in [0.5, 0.6) is 0 Å². The van der Waals surface area contributed by atoms with E-state index in [2.05, 4.69) is 10.3 Å². The minimum absolute atomic E-state index is 0.343. The molecule has 78 valence electrons. The van der Waals surface area contributed by atoms with Crippen LogP contribution in [0.2, 0.25) is 0 Å². The highest BCUT2D eigenvalue weighted by molar-refractivity contribution is 7.17. The molecular weight excluding hydrogens is 204 g/mol. The van der Waals surface area contributed by atoms with Crippen LogP contribution in [0.1, 0.15) is 23.5 Å². The number of aliphatic hydroxyl groups is 1. The number of aromatic nitrogens is 1.